The number of ether oxygens (including phenoxy) is 2. The fourth-order valence-electron chi connectivity index (χ4n) is 5.67. The first kappa shape index (κ1) is 37.5. The molecule has 2 fully saturated rings. The minimum atomic E-state index is -0.196. The number of halogens is 1. The van der Waals surface area contributed by atoms with Gasteiger partial charge in [0, 0.05) is 18.8 Å². The molecule has 1 aromatic carbocycles. The molecule has 44 heavy (non-hydrogen) atoms. The van der Waals surface area contributed by atoms with Gasteiger partial charge < -0.3 is 25.2 Å². The molecule has 0 aromatic heterocycles. The molecule has 1 aromatic rings. The Labute approximate surface area is 265 Å². The topological polar surface area (TPSA) is 97.4 Å². The van der Waals surface area contributed by atoms with Gasteiger partial charge in [-0.05, 0) is 94.5 Å². The predicted octanol–water partition coefficient (Wildman–Crippen LogP) is 7.44. The third kappa shape index (κ3) is 13.1. The molecule has 2 aliphatic rings. The molecule has 1 aliphatic heterocycles. The summed E-state index contributed by atoms with van der Waals surface area (Å²) in [5, 5.41) is 9.44. The van der Waals surface area contributed by atoms with Crippen LogP contribution in [0.5, 0.6) is 5.75 Å². The molecule has 1 heterocycles. The van der Waals surface area contributed by atoms with Crippen LogP contribution in [0, 0.1) is 12.7 Å². The van der Waals surface area contributed by atoms with Crippen LogP contribution in [0.15, 0.2) is 46.2 Å². The van der Waals surface area contributed by atoms with Crippen LogP contribution in [-0.4, -0.2) is 66.6 Å². The van der Waals surface area contributed by atoms with E-state index >= 15 is 0 Å². The molecule has 0 amide bonds. The minimum Gasteiger partial charge on any atom is -0.490 e. The third-order valence-electron chi connectivity index (χ3n) is 8.03. The van der Waals surface area contributed by atoms with Crippen molar-refractivity contribution >= 4 is 11.5 Å². The summed E-state index contributed by atoms with van der Waals surface area (Å²) in [6.07, 6.45) is 15.2. The maximum atomic E-state index is 13.0. The molecule has 1 saturated heterocycles. The van der Waals surface area contributed by atoms with Crippen LogP contribution >= 0.6 is 0 Å². The maximum Gasteiger partial charge on any atom is 0.151 e. The number of Topliss-reactive ketones (excluding diaryl/α,β-unsaturated/α-hetero) is 1. The number of morpholine rings is 1. The zero-order chi connectivity index (χ0) is 32.3. The standard InChI is InChI=1S/C20H33N3O3.C16H25FO/c1-3-7-19(23-10-11-26-16(13-23)14-24)20(21)17-8-5-4-6-9-18(17)22-12-15(2)25;1-4-6-7-9-15(8-5-2)18-16-11-10-14(17)12-13(16)3/h7,16,24H,3-6,8-14,21H2,1-2H3;10-12,15H,4-9H2,1-3H3/b19-7-,20-17-,22-18?;. The molecule has 3 rings (SSSR count). The number of ketones is 1. The number of nitrogens with zero attached hydrogens (tertiary/aromatic N) is 2. The monoisotopic (exact) mass is 615 g/mol. The fraction of sp³-hybridized carbons (Fsp3) is 0.667. The van der Waals surface area contributed by atoms with Crippen LogP contribution < -0.4 is 10.5 Å². The Morgan fingerprint density at radius 2 is 1.95 bits per heavy atom. The second-order valence-electron chi connectivity index (χ2n) is 12.0. The molecular weight excluding hydrogens is 557 g/mol. The van der Waals surface area contributed by atoms with E-state index in [1.807, 2.05) is 6.92 Å². The van der Waals surface area contributed by atoms with E-state index in [2.05, 4.69) is 36.7 Å². The van der Waals surface area contributed by atoms with E-state index in [1.54, 1.807) is 13.0 Å². The zero-order valence-corrected chi connectivity index (χ0v) is 28.0. The molecule has 2 atom stereocenters. The number of aliphatic hydroxyl groups excluding tert-OH is 1. The highest BCUT2D eigenvalue weighted by molar-refractivity contribution is 6.02. The number of nitrogens with two attached hydrogens (primary N) is 1. The first-order chi connectivity index (χ1) is 21.2. The van der Waals surface area contributed by atoms with Crippen molar-refractivity contribution in [3.8, 4) is 5.75 Å². The number of benzene rings is 1. The Kier molecular flexibility index (Phi) is 18.0. The largest absolute Gasteiger partial charge is 0.490 e. The smallest absolute Gasteiger partial charge is 0.151 e. The van der Waals surface area contributed by atoms with Gasteiger partial charge in [-0.2, -0.15) is 0 Å². The molecular formula is C36H58FN3O4. The van der Waals surface area contributed by atoms with Crippen molar-refractivity contribution in [3.63, 3.8) is 0 Å². The number of rotatable bonds is 14. The van der Waals surface area contributed by atoms with Crippen LogP contribution in [0.3, 0.4) is 0 Å². The lowest BCUT2D eigenvalue weighted by atomic mass is 10.00. The van der Waals surface area contributed by atoms with Gasteiger partial charge in [0.2, 0.25) is 0 Å². The molecule has 3 N–H and O–H groups in total. The highest BCUT2D eigenvalue weighted by Crippen LogP contribution is 2.27. The van der Waals surface area contributed by atoms with E-state index in [1.165, 1.54) is 31.4 Å². The highest BCUT2D eigenvalue weighted by atomic mass is 19.1. The first-order valence-electron chi connectivity index (χ1n) is 16.9. The second kappa shape index (κ2) is 21.1. The van der Waals surface area contributed by atoms with Crippen molar-refractivity contribution in [3.05, 3.63) is 52.6 Å². The lowest BCUT2D eigenvalue weighted by molar-refractivity contribution is -0.115. The minimum absolute atomic E-state index is 0.0116. The van der Waals surface area contributed by atoms with Crippen LogP contribution in [0.2, 0.25) is 0 Å². The van der Waals surface area contributed by atoms with Crippen molar-refractivity contribution in [1.82, 2.24) is 4.90 Å². The average molecular weight is 616 g/mol. The quantitative estimate of drug-likeness (QED) is 0.167. The van der Waals surface area contributed by atoms with Gasteiger partial charge in [-0.3, -0.25) is 9.79 Å². The molecule has 0 bridgehead atoms. The van der Waals surface area contributed by atoms with Crippen molar-refractivity contribution in [1.29, 1.82) is 0 Å². The summed E-state index contributed by atoms with van der Waals surface area (Å²) in [5.41, 5.74) is 11.4. The number of aliphatic hydroxyl groups is 1. The van der Waals surface area contributed by atoms with E-state index in [-0.39, 0.29) is 37.0 Å². The van der Waals surface area contributed by atoms with Gasteiger partial charge in [0.15, 0.2) is 5.78 Å². The van der Waals surface area contributed by atoms with Gasteiger partial charge in [0.1, 0.15) is 11.6 Å². The Morgan fingerprint density at radius 1 is 1.18 bits per heavy atom. The van der Waals surface area contributed by atoms with Gasteiger partial charge >= 0.3 is 0 Å². The van der Waals surface area contributed by atoms with Gasteiger partial charge in [-0.1, -0.05) is 52.5 Å². The third-order valence-corrected chi connectivity index (χ3v) is 8.03. The summed E-state index contributed by atoms with van der Waals surface area (Å²) in [4.78, 5) is 18.2. The molecule has 0 spiro atoms. The normalized spacial score (nSPS) is 20.4. The van der Waals surface area contributed by atoms with Gasteiger partial charge in [0.25, 0.3) is 0 Å². The van der Waals surface area contributed by atoms with Crippen molar-refractivity contribution < 1.29 is 23.8 Å². The van der Waals surface area contributed by atoms with Gasteiger partial charge in [0.05, 0.1) is 43.4 Å². The molecule has 1 saturated carbocycles. The first-order valence-corrected chi connectivity index (χ1v) is 16.9. The summed E-state index contributed by atoms with van der Waals surface area (Å²) in [6, 6.07) is 4.74. The number of unbranched alkanes of at least 4 members (excludes halogenated alkanes) is 2. The summed E-state index contributed by atoms with van der Waals surface area (Å²) in [5.74, 6) is 0.701. The Bertz CT molecular complexity index is 1100. The maximum absolute atomic E-state index is 13.0. The van der Waals surface area contributed by atoms with Gasteiger partial charge in [-0.15, -0.1) is 0 Å². The van der Waals surface area contributed by atoms with Crippen molar-refractivity contribution in [2.45, 2.75) is 124 Å². The van der Waals surface area contributed by atoms with Crippen LogP contribution in [-0.2, 0) is 9.53 Å². The SMILES string of the molecule is CC/C=C(/C(N)=C1\CCCCCC1=NCC(C)=O)N1CCOC(CO)C1.CCCCCC(CCC)Oc1ccc(F)cc1C. The van der Waals surface area contributed by atoms with E-state index in [0.717, 1.165) is 98.3 Å². The van der Waals surface area contributed by atoms with Crippen molar-refractivity contribution in [2.75, 3.05) is 32.8 Å². The number of hydrogen-bond acceptors (Lipinski definition) is 7. The predicted molar refractivity (Wildman–Crippen MR) is 179 cm³/mol. The van der Waals surface area contributed by atoms with Crippen LogP contribution in [0.25, 0.3) is 0 Å². The van der Waals surface area contributed by atoms with E-state index < -0.39 is 0 Å². The Balaban J connectivity index is 0.000000329. The number of hydrogen-bond donors (Lipinski definition) is 2. The molecule has 248 valence electrons. The van der Waals surface area contributed by atoms with Crippen LogP contribution in [0.1, 0.15) is 110 Å². The second-order valence-corrected chi connectivity index (χ2v) is 12.0. The highest BCUT2D eigenvalue weighted by Gasteiger charge is 2.25. The zero-order valence-electron chi connectivity index (χ0n) is 28.0. The molecule has 7 nitrogen and oxygen atoms in total. The Morgan fingerprint density at radius 3 is 2.61 bits per heavy atom. The fourth-order valence-corrected chi connectivity index (χ4v) is 5.67. The van der Waals surface area contributed by atoms with E-state index in [4.69, 9.17) is 15.2 Å². The van der Waals surface area contributed by atoms with Gasteiger partial charge in [-0.25, -0.2) is 4.39 Å². The average Bonchev–Trinajstić information content (AvgIpc) is 3.26. The number of allylic oxidation sites excluding steroid dienone is 2. The molecule has 1 aliphatic carbocycles. The summed E-state index contributed by atoms with van der Waals surface area (Å²) < 4.78 is 24.6. The number of aryl methyl sites for hydroxylation is 1. The molecule has 2 unspecified atom stereocenters. The molecule has 0 radical (unpaired) electrons. The lowest BCUT2D eigenvalue weighted by Crippen LogP contribution is -2.44. The number of carbonyl (C=O) groups is 1. The lowest BCUT2D eigenvalue weighted by Gasteiger charge is -2.36. The van der Waals surface area contributed by atoms with Crippen molar-refractivity contribution in [2.24, 2.45) is 10.7 Å². The van der Waals surface area contributed by atoms with E-state index in [0.29, 0.717) is 13.2 Å². The Hall–Kier alpha value is -2.71. The van der Waals surface area contributed by atoms with E-state index in [9.17, 15) is 14.3 Å². The summed E-state index contributed by atoms with van der Waals surface area (Å²) >= 11 is 0. The number of aliphatic imine (C=N–C) groups is 1. The molecule has 8 heteroatoms. The number of carbonyl (C=O) groups excluding carboxylic acids is 1. The summed E-state index contributed by atoms with van der Waals surface area (Å²) in [7, 11) is 0. The van der Waals surface area contributed by atoms with Crippen LogP contribution in [0.4, 0.5) is 4.39 Å². The summed E-state index contributed by atoms with van der Waals surface area (Å²) in [6.45, 7) is 12.2.